The van der Waals surface area contributed by atoms with Crippen LogP contribution in [0.1, 0.15) is 83.2 Å². The number of anilines is 1. The van der Waals surface area contributed by atoms with Gasteiger partial charge in [0.2, 0.25) is 5.91 Å². The number of amides is 1. The molecule has 186 valence electrons. The fourth-order valence-electron chi connectivity index (χ4n) is 4.06. The van der Waals surface area contributed by atoms with Gasteiger partial charge in [0.25, 0.3) is 0 Å². The Hall–Kier alpha value is -3.02. The van der Waals surface area contributed by atoms with Crippen LogP contribution in [-0.2, 0) is 9.59 Å². The van der Waals surface area contributed by atoms with Crippen LogP contribution in [0.4, 0.5) is 5.69 Å². The number of benzene rings is 2. The Labute approximate surface area is 203 Å². The van der Waals surface area contributed by atoms with E-state index in [2.05, 4.69) is 13.8 Å². The minimum atomic E-state index is -0.783. The van der Waals surface area contributed by atoms with E-state index < -0.39 is 6.04 Å². The molecule has 0 aliphatic carbocycles. The third-order valence-corrected chi connectivity index (χ3v) is 5.96. The molecule has 0 aromatic heterocycles. The molecule has 0 bridgehead atoms. The Morgan fingerprint density at radius 1 is 0.824 bits per heavy atom. The molecule has 1 atom stereocenters. The van der Waals surface area contributed by atoms with Crippen molar-refractivity contribution in [1.82, 2.24) is 0 Å². The van der Waals surface area contributed by atoms with E-state index in [1.54, 1.807) is 61.6 Å². The molecule has 0 fully saturated rings. The van der Waals surface area contributed by atoms with E-state index in [0.29, 0.717) is 35.6 Å². The molecule has 0 aliphatic rings. The molecule has 0 radical (unpaired) electrons. The van der Waals surface area contributed by atoms with Crippen LogP contribution < -0.4 is 14.4 Å². The lowest BCUT2D eigenvalue weighted by Gasteiger charge is -2.32. The van der Waals surface area contributed by atoms with Crippen LogP contribution in [-0.4, -0.2) is 31.0 Å². The number of ketones is 1. The molecule has 2 aromatic rings. The van der Waals surface area contributed by atoms with Crippen molar-refractivity contribution in [2.75, 3.05) is 19.1 Å². The summed E-state index contributed by atoms with van der Waals surface area (Å²) in [6, 6.07) is 11.1. The molecular formula is C28H39NO5. The number of Topliss-reactive ketones (excluding diaryl/α,β-unsaturated/α-hetero) is 1. The number of hydrogen-bond donors (Lipinski definition) is 1. The average molecular weight is 470 g/mol. The van der Waals surface area contributed by atoms with Gasteiger partial charge in [-0.25, -0.2) is 0 Å². The maximum absolute atomic E-state index is 13.6. The molecule has 0 heterocycles. The number of phenolic OH excluding ortho intramolecular Hbond substituents is 1. The van der Waals surface area contributed by atoms with Crippen molar-refractivity contribution in [3.8, 4) is 17.2 Å². The molecule has 1 amide bonds. The summed E-state index contributed by atoms with van der Waals surface area (Å²) in [5, 5.41) is 9.82. The predicted molar refractivity (Wildman–Crippen MR) is 136 cm³/mol. The van der Waals surface area contributed by atoms with Crippen LogP contribution in [0.3, 0.4) is 0 Å². The fourth-order valence-corrected chi connectivity index (χ4v) is 4.06. The summed E-state index contributed by atoms with van der Waals surface area (Å²) in [6.07, 6.45) is 7.36. The number of phenols is 1. The first kappa shape index (κ1) is 27.2. The second-order valence-electron chi connectivity index (χ2n) is 8.53. The van der Waals surface area contributed by atoms with Crippen molar-refractivity contribution < 1.29 is 24.2 Å². The summed E-state index contributed by atoms with van der Waals surface area (Å²) < 4.78 is 10.8. The topological polar surface area (TPSA) is 76.1 Å². The van der Waals surface area contributed by atoms with Crippen LogP contribution in [0.25, 0.3) is 0 Å². The second kappa shape index (κ2) is 14.3. The molecule has 1 N–H and O–H groups in total. The van der Waals surface area contributed by atoms with Crippen molar-refractivity contribution in [3.05, 3.63) is 48.0 Å². The van der Waals surface area contributed by atoms with Gasteiger partial charge in [-0.05, 0) is 42.7 Å². The van der Waals surface area contributed by atoms with E-state index in [1.807, 2.05) is 0 Å². The first-order valence-corrected chi connectivity index (χ1v) is 12.3. The number of carbonyl (C=O) groups excluding carboxylic acids is 2. The zero-order chi connectivity index (χ0) is 24.9. The lowest BCUT2D eigenvalue weighted by molar-refractivity contribution is -0.125. The van der Waals surface area contributed by atoms with E-state index in [9.17, 15) is 14.7 Å². The van der Waals surface area contributed by atoms with Crippen molar-refractivity contribution in [1.29, 1.82) is 0 Å². The molecular weight excluding hydrogens is 430 g/mol. The monoisotopic (exact) mass is 469 g/mol. The molecule has 0 aliphatic heterocycles. The summed E-state index contributed by atoms with van der Waals surface area (Å²) in [5.74, 6) is 1.04. The van der Waals surface area contributed by atoms with Gasteiger partial charge in [0.05, 0.1) is 14.2 Å². The van der Waals surface area contributed by atoms with E-state index in [-0.39, 0.29) is 17.4 Å². The quantitative estimate of drug-likeness (QED) is 0.297. The molecule has 1 unspecified atom stereocenters. The number of rotatable bonds is 15. The highest BCUT2D eigenvalue weighted by atomic mass is 16.5. The first-order chi connectivity index (χ1) is 16.5. The first-order valence-electron chi connectivity index (χ1n) is 12.3. The van der Waals surface area contributed by atoms with Crippen LogP contribution in [0, 0.1) is 0 Å². The number of nitrogens with zero attached hydrogens (tertiary/aromatic N) is 1. The van der Waals surface area contributed by atoms with Crippen LogP contribution in [0.15, 0.2) is 42.5 Å². The number of methoxy groups -OCH3 is 2. The van der Waals surface area contributed by atoms with Crippen molar-refractivity contribution in [3.63, 3.8) is 0 Å². The molecule has 0 saturated carbocycles. The zero-order valence-corrected chi connectivity index (χ0v) is 21.0. The molecule has 2 rings (SSSR count). The van der Waals surface area contributed by atoms with Crippen LogP contribution in [0.5, 0.6) is 17.2 Å². The minimum absolute atomic E-state index is 0.0135. The molecule has 2 aromatic carbocycles. The summed E-state index contributed by atoms with van der Waals surface area (Å²) in [5.41, 5.74) is 1.26. The van der Waals surface area contributed by atoms with E-state index in [0.717, 1.165) is 44.9 Å². The van der Waals surface area contributed by atoms with Crippen molar-refractivity contribution in [2.45, 2.75) is 77.7 Å². The van der Waals surface area contributed by atoms with Gasteiger partial charge in [-0.2, -0.15) is 0 Å². The Kier molecular flexibility index (Phi) is 11.4. The number of ether oxygens (including phenoxy) is 2. The number of unbranched alkanes of at least 4 members (excludes halogenated alkanes) is 5. The molecule has 6 nitrogen and oxygen atoms in total. The summed E-state index contributed by atoms with van der Waals surface area (Å²) >= 11 is 0. The Bertz CT molecular complexity index is 910. The molecule has 0 spiro atoms. The van der Waals surface area contributed by atoms with Crippen LogP contribution >= 0.6 is 0 Å². The summed E-state index contributed by atoms with van der Waals surface area (Å²) in [4.78, 5) is 28.8. The van der Waals surface area contributed by atoms with Gasteiger partial charge in [-0.15, -0.1) is 0 Å². The van der Waals surface area contributed by atoms with Gasteiger partial charge < -0.3 is 14.6 Å². The average Bonchev–Trinajstić information content (AvgIpc) is 2.85. The SMILES string of the molecule is CCCCCCC(=O)C(c1ccc(O)cc1)N(C(=O)CCCCC)c1ccc(OC)c(OC)c1. The van der Waals surface area contributed by atoms with Gasteiger partial charge in [-0.1, -0.05) is 58.1 Å². The molecule has 34 heavy (non-hydrogen) atoms. The normalized spacial score (nSPS) is 11.6. The standard InChI is InChI=1S/C28H39NO5/c1-5-7-9-11-12-24(31)28(21-14-17-23(30)18-15-21)29(27(32)13-10-8-6-2)22-16-19-25(33-3)26(20-22)34-4/h14-20,28,30H,5-13H2,1-4H3. The summed E-state index contributed by atoms with van der Waals surface area (Å²) in [7, 11) is 3.11. The smallest absolute Gasteiger partial charge is 0.227 e. The zero-order valence-electron chi connectivity index (χ0n) is 21.0. The van der Waals surface area contributed by atoms with Crippen LogP contribution in [0.2, 0.25) is 0 Å². The maximum atomic E-state index is 13.6. The minimum Gasteiger partial charge on any atom is -0.508 e. The van der Waals surface area contributed by atoms with Gasteiger partial charge >= 0.3 is 0 Å². The lowest BCUT2D eigenvalue weighted by atomic mass is 9.95. The Morgan fingerprint density at radius 3 is 2.06 bits per heavy atom. The number of aromatic hydroxyl groups is 1. The summed E-state index contributed by atoms with van der Waals surface area (Å²) in [6.45, 7) is 4.23. The highest BCUT2D eigenvalue weighted by Gasteiger charge is 2.32. The van der Waals surface area contributed by atoms with Gasteiger partial charge in [-0.3, -0.25) is 14.5 Å². The third-order valence-electron chi connectivity index (χ3n) is 5.96. The fraction of sp³-hybridized carbons (Fsp3) is 0.500. The predicted octanol–water partition coefficient (Wildman–Crippen LogP) is 6.60. The van der Waals surface area contributed by atoms with Crippen molar-refractivity contribution >= 4 is 17.4 Å². The lowest BCUT2D eigenvalue weighted by Crippen LogP contribution is -2.39. The largest absolute Gasteiger partial charge is 0.508 e. The highest BCUT2D eigenvalue weighted by molar-refractivity contribution is 6.02. The Balaban J connectivity index is 2.53. The van der Waals surface area contributed by atoms with Gasteiger partial charge in [0, 0.05) is 24.6 Å². The Morgan fingerprint density at radius 2 is 1.44 bits per heavy atom. The van der Waals surface area contributed by atoms with E-state index in [4.69, 9.17) is 9.47 Å². The van der Waals surface area contributed by atoms with E-state index in [1.165, 1.54) is 0 Å². The number of carbonyl (C=O) groups is 2. The van der Waals surface area contributed by atoms with Gasteiger partial charge in [0.1, 0.15) is 11.8 Å². The molecule has 6 heteroatoms. The maximum Gasteiger partial charge on any atom is 0.227 e. The van der Waals surface area contributed by atoms with Gasteiger partial charge in [0.15, 0.2) is 17.3 Å². The second-order valence-corrected chi connectivity index (χ2v) is 8.53. The third kappa shape index (κ3) is 7.51. The van der Waals surface area contributed by atoms with E-state index >= 15 is 0 Å². The highest BCUT2D eigenvalue weighted by Crippen LogP contribution is 2.37. The van der Waals surface area contributed by atoms with Crippen molar-refractivity contribution in [2.24, 2.45) is 0 Å². The molecule has 0 saturated heterocycles. The number of hydrogen-bond acceptors (Lipinski definition) is 5.